The Hall–Kier alpha value is -2.31. The molecule has 2 amide bonds. The maximum absolute atomic E-state index is 12.6. The number of thioether (sulfide) groups is 1. The van der Waals surface area contributed by atoms with E-state index in [4.69, 9.17) is 0 Å². The highest BCUT2D eigenvalue weighted by atomic mass is 32.2. The van der Waals surface area contributed by atoms with Crippen LogP contribution in [0.1, 0.15) is 53.6 Å². The average molecular weight is 424 g/mol. The number of carbonyl (C=O) groups is 2. The van der Waals surface area contributed by atoms with Gasteiger partial charge in [-0.25, -0.2) is 0 Å². The highest BCUT2D eigenvalue weighted by Gasteiger charge is 2.16. The SMILES string of the molecule is O=C1CCSc2ccc(C(=O)NCc3ccc(CN4CCCCCC4)cc3)cc2N1. The molecule has 158 valence electrons. The number of amides is 2. The third-order valence-electron chi connectivity index (χ3n) is 5.68. The fourth-order valence-electron chi connectivity index (χ4n) is 3.96. The van der Waals surface area contributed by atoms with Gasteiger partial charge in [0.15, 0.2) is 0 Å². The highest BCUT2D eigenvalue weighted by Crippen LogP contribution is 2.31. The molecular formula is C24H29N3O2S. The van der Waals surface area contributed by atoms with Crippen LogP contribution in [0.2, 0.25) is 0 Å². The molecule has 5 nitrogen and oxygen atoms in total. The maximum Gasteiger partial charge on any atom is 0.251 e. The summed E-state index contributed by atoms with van der Waals surface area (Å²) in [5.74, 6) is 0.631. The topological polar surface area (TPSA) is 61.4 Å². The first-order chi connectivity index (χ1) is 14.7. The predicted molar refractivity (Wildman–Crippen MR) is 122 cm³/mol. The number of carbonyl (C=O) groups excluding carboxylic acids is 2. The first-order valence-electron chi connectivity index (χ1n) is 10.8. The molecular weight excluding hydrogens is 394 g/mol. The van der Waals surface area contributed by atoms with Gasteiger partial charge in [0.05, 0.1) is 5.69 Å². The van der Waals surface area contributed by atoms with Gasteiger partial charge in [-0.15, -0.1) is 11.8 Å². The van der Waals surface area contributed by atoms with E-state index in [1.807, 2.05) is 12.1 Å². The van der Waals surface area contributed by atoms with Gasteiger partial charge in [0.2, 0.25) is 5.91 Å². The molecule has 4 rings (SSSR count). The maximum atomic E-state index is 12.6. The van der Waals surface area contributed by atoms with Crippen molar-refractivity contribution in [3.63, 3.8) is 0 Å². The lowest BCUT2D eigenvalue weighted by Gasteiger charge is -2.19. The average Bonchev–Trinajstić information content (AvgIpc) is 3.12. The van der Waals surface area contributed by atoms with E-state index < -0.39 is 0 Å². The summed E-state index contributed by atoms with van der Waals surface area (Å²) in [5, 5.41) is 5.88. The van der Waals surface area contributed by atoms with Gasteiger partial charge in [0.1, 0.15) is 0 Å². The van der Waals surface area contributed by atoms with E-state index in [-0.39, 0.29) is 11.8 Å². The molecule has 2 N–H and O–H groups in total. The van der Waals surface area contributed by atoms with Crippen LogP contribution in [0.15, 0.2) is 47.4 Å². The Bertz CT molecular complexity index is 890. The van der Waals surface area contributed by atoms with Crippen LogP contribution in [0, 0.1) is 0 Å². The third-order valence-corrected chi connectivity index (χ3v) is 6.76. The molecule has 0 atom stereocenters. The van der Waals surface area contributed by atoms with E-state index in [0.29, 0.717) is 18.5 Å². The lowest BCUT2D eigenvalue weighted by atomic mass is 10.1. The Labute approximate surface area is 182 Å². The minimum atomic E-state index is -0.130. The van der Waals surface area contributed by atoms with Crippen LogP contribution in [-0.4, -0.2) is 35.6 Å². The zero-order chi connectivity index (χ0) is 20.8. The monoisotopic (exact) mass is 423 g/mol. The zero-order valence-corrected chi connectivity index (χ0v) is 18.1. The minimum Gasteiger partial charge on any atom is -0.348 e. The van der Waals surface area contributed by atoms with Crippen molar-refractivity contribution in [2.45, 2.75) is 50.1 Å². The zero-order valence-electron chi connectivity index (χ0n) is 17.3. The Morgan fingerprint density at radius 1 is 1.00 bits per heavy atom. The molecule has 0 aliphatic carbocycles. The molecule has 2 heterocycles. The molecule has 1 fully saturated rings. The lowest BCUT2D eigenvalue weighted by molar-refractivity contribution is -0.115. The predicted octanol–water partition coefficient (Wildman–Crippen LogP) is 4.43. The molecule has 0 saturated carbocycles. The molecule has 0 aromatic heterocycles. The summed E-state index contributed by atoms with van der Waals surface area (Å²) in [6, 6.07) is 14.0. The summed E-state index contributed by atoms with van der Waals surface area (Å²) in [6.45, 7) is 3.88. The Kier molecular flexibility index (Phi) is 7.07. The number of fused-ring (bicyclic) bond motifs is 1. The van der Waals surface area contributed by atoms with Crippen molar-refractivity contribution in [3.05, 3.63) is 59.2 Å². The molecule has 0 spiro atoms. The first-order valence-corrected chi connectivity index (χ1v) is 11.8. The normalized spacial score (nSPS) is 17.4. The molecule has 2 aromatic rings. The van der Waals surface area contributed by atoms with Gasteiger partial charge < -0.3 is 10.6 Å². The molecule has 0 unspecified atom stereocenters. The molecule has 6 heteroatoms. The van der Waals surface area contributed by atoms with Crippen LogP contribution in [0.4, 0.5) is 5.69 Å². The number of likely N-dealkylation sites (tertiary alicyclic amines) is 1. The summed E-state index contributed by atoms with van der Waals surface area (Å²) in [5.41, 5.74) is 3.70. The van der Waals surface area contributed by atoms with Crippen molar-refractivity contribution in [3.8, 4) is 0 Å². The molecule has 1 saturated heterocycles. The fourth-order valence-corrected chi connectivity index (χ4v) is 4.90. The van der Waals surface area contributed by atoms with Crippen molar-refractivity contribution in [2.24, 2.45) is 0 Å². The summed E-state index contributed by atoms with van der Waals surface area (Å²) in [4.78, 5) is 27.9. The quantitative estimate of drug-likeness (QED) is 0.747. The summed E-state index contributed by atoms with van der Waals surface area (Å²) in [7, 11) is 0. The molecule has 30 heavy (non-hydrogen) atoms. The number of nitrogens with zero attached hydrogens (tertiary/aromatic N) is 1. The third kappa shape index (κ3) is 5.64. The van der Waals surface area contributed by atoms with Gasteiger partial charge in [0, 0.05) is 35.7 Å². The Morgan fingerprint density at radius 3 is 2.50 bits per heavy atom. The number of nitrogens with one attached hydrogen (secondary N) is 2. The van der Waals surface area contributed by atoms with Crippen LogP contribution < -0.4 is 10.6 Å². The fraction of sp³-hybridized carbons (Fsp3) is 0.417. The standard InChI is InChI=1S/C24H29N3O2S/c28-23-11-14-30-22-10-9-20(15-21(22)26-23)24(29)25-16-18-5-7-19(8-6-18)17-27-12-3-1-2-4-13-27/h5-10,15H,1-4,11-14,16-17H2,(H,25,29)(H,26,28). The van der Waals surface area contributed by atoms with Crippen LogP contribution in [0.5, 0.6) is 0 Å². The largest absolute Gasteiger partial charge is 0.348 e. The molecule has 0 bridgehead atoms. The van der Waals surface area contributed by atoms with Crippen LogP contribution in [0.25, 0.3) is 0 Å². The number of hydrogen-bond donors (Lipinski definition) is 2. The second kappa shape index (κ2) is 10.1. The molecule has 2 aromatic carbocycles. The number of hydrogen-bond acceptors (Lipinski definition) is 4. The van der Waals surface area contributed by atoms with Gasteiger partial charge in [-0.1, -0.05) is 37.1 Å². The number of rotatable bonds is 5. The van der Waals surface area contributed by atoms with Crippen molar-refractivity contribution < 1.29 is 9.59 Å². The van der Waals surface area contributed by atoms with Gasteiger partial charge in [0.25, 0.3) is 5.91 Å². The van der Waals surface area contributed by atoms with Crippen molar-refractivity contribution >= 4 is 29.3 Å². The molecule has 2 aliphatic rings. The summed E-state index contributed by atoms with van der Waals surface area (Å²) < 4.78 is 0. The van der Waals surface area contributed by atoms with E-state index in [9.17, 15) is 9.59 Å². The van der Waals surface area contributed by atoms with E-state index in [0.717, 1.165) is 28.4 Å². The number of benzene rings is 2. The van der Waals surface area contributed by atoms with Crippen LogP contribution in [0.3, 0.4) is 0 Å². The van der Waals surface area contributed by atoms with Crippen molar-refractivity contribution in [1.29, 1.82) is 0 Å². The molecule has 0 radical (unpaired) electrons. The number of anilines is 1. The Balaban J connectivity index is 1.32. The van der Waals surface area contributed by atoms with E-state index >= 15 is 0 Å². The van der Waals surface area contributed by atoms with E-state index in [1.165, 1.54) is 44.3 Å². The second-order valence-corrected chi connectivity index (χ2v) is 9.18. The van der Waals surface area contributed by atoms with Crippen molar-refractivity contribution in [2.75, 3.05) is 24.2 Å². The van der Waals surface area contributed by atoms with E-state index in [1.54, 1.807) is 17.8 Å². The van der Waals surface area contributed by atoms with Gasteiger partial charge >= 0.3 is 0 Å². The Morgan fingerprint density at radius 2 is 1.73 bits per heavy atom. The summed E-state index contributed by atoms with van der Waals surface area (Å²) in [6.07, 6.45) is 5.80. The first kappa shape index (κ1) is 20.9. The van der Waals surface area contributed by atoms with E-state index in [2.05, 4.69) is 39.8 Å². The smallest absolute Gasteiger partial charge is 0.251 e. The summed E-state index contributed by atoms with van der Waals surface area (Å²) >= 11 is 1.64. The highest BCUT2D eigenvalue weighted by molar-refractivity contribution is 7.99. The van der Waals surface area contributed by atoms with Gasteiger partial charge in [-0.2, -0.15) is 0 Å². The van der Waals surface area contributed by atoms with Gasteiger partial charge in [-0.3, -0.25) is 14.5 Å². The molecule has 2 aliphatic heterocycles. The van der Waals surface area contributed by atoms with Gasteiger partial charge in [-0.05, 0) is 55.3 Å². The second-order valence-electron chi connectivity index (χ2n) is 8.05. The van der Waals surface area contributed by atoms with Crippen LogP contribution >= 0.6 is 11.8 Å². The van der Waals surface area contributed by atoms with Crippen molar-refractivity contribution in [1.82, 2.24) is 10.2 Å². The van der Waals surface area contributed by atoms with Crippen LogP contribution in [-0.2, 0) is 17.9 Å². The lowest BCUT2D eigenvalue weighted by Crippen LogP contribution is -2.24. The minimum absolute atomic E-state index is 0.000857.